The van der Waals surface area contributed by atoms with Gasteiger partial charge in [0, 0.05) is 30.7 Å². The highest BCUT2D eigenvalue weighted by atomic mass is 16.2. The van der Waals surface area contributed by atoms with E-state index in [1.807, 2.05) is 20.9 Å². The molecule has 0 aliphatic rings. The molecular formula is C13H15N5O. The van der Waals surface area contributed by atoms with Crippen LogP contribution in [0.4, 0.5) is 0 Å². The number of pyridine rings is 1. The molecule has 0 saturated carbocycles. The van der Waals surface area contributed by atoms with E-state index in [4.69, 9.17) is 0 Å². The zero-order chi connectivity index (χ0) is 13.8. The lowest BCUT2D eigenvalue weighted by Crippen LogP contribution is -2.17. The molecule has 0 fully saturated rings. The Morgan fingerprint density at radius 1 is 1.47 bits per heavy atom. The number of nitrogens with one attached hydrogen (secondary N) is 1. The molecule has 6 heteroatoms. The van der Waals surface area contributed by atoms with Crippen molar-refractivity contribution >= 4 is 12.1 Å². The van der Waals surface area contributed by atoms with E-state index in [1.165, 1.54) is 6.20 Å². The largest absolute Gasteiger partial charge is 0.272 e. The third kappa shape index (κ3) is 2.85. The standard InChI is InChI=1S/C13H15N5O/c1-9-12(10(2)18(3)17-9)8-15-16-13(19)11-5-4-6-14-7-11/h4-8H,1-3H3,(H,16,19)/b15-8+. The highest BCUT2D eigenvalue weighted by molar-refractivity contribution is 5.94. The lowest BCUT2D eigenvalue weighted by atomic mass is 10.2. The van der Waals surface area contributed by atoms with E-state index < -0.39 is 0 Å². The van der Waals surface area contributed by atoms with Gasteiger partial charge < -0.3 is 0 Å². The Balaban J connectivity index is 2.07. The van der Waals surface area contributed by atoms with Crippen LogP contribution in [0.2, 0.25) is 0 Å². The van der Waals surface area contributed by atoms with Crippen LogP contribution in [0, 0.1) is 13.8 Å². The summed E-state index contributed by atoms with van der Waals surface area (Å²) in [5.41, 5.74) is 5.72. The van der Waals surface area contributed by atoms with E-state index in [1.54, 1.807) is 29.2 Å². The minimum atomic E-state index is -0.288. The van der Waals surface area contributed by atoms with Gasteiger partial charge in [0.15, 0.2) is 0 Å². The van der Waals surface area contributed by atoms with E-state index in [0.717, 1.165) is 17.0 Å². The van der Waals surface area contributed by atoms with Crippen molar-refractivity contribution in [3.63, 3.8) is 0 Å². The summed E-state index contributed by atoms with van der Waals surface area (Å²) in [6.07, 6.45) is 4.71. The third-order valence-corrected chi connectivity index (χ3v) is 2.85. The maximum absolute atomic E-state index is 11.7. The van der Waals surface area contributed by atoms with Crippen molar-refractivity contribution in [1.29, 1.82) is 0 Å². The predicted octanol–water partition coefficient (Wildman–Crippen LogP) is 1.20. The van der Waals surface area contributed by atoms with Crippen molar-refractivity contribution < 1.29 is 4.79 Å². The van der Waals surface area contributed by atoms with Gasteiger partial charge in [-0.2, -0.15) is 10.2 Å². The molecule has 0 radical (unpaired) electrons. The first-order chi connectivity index (χ1) is 9.09. The van der Waals surface area contributed by atoms with Gasteiger partial charge in [-0.05, 0) is 26.0 Å². The topological polar surface area (TPSA) is 72.2 Å². The van der Waals surface area contributed by atoms with Crippen LogP contribution < -0.4 is 5.43 Å². The Hall–Kier alpha value is -2.50. The summed E-state index contributed by atoms with van der Waals surface area (Å²) < 4.78 is 1.78. The molecule has 0 bridgehead atoms. The molecule has 0 spiro atoms. The molecule has 0 unspecified atom stereocenters. The molecule has 0 aromatic carbocycles. The third-order valence-electron chi connectivity index (χ3n) is 2.85. The molecule has 0 aliphatic carbocycles. The Kier molecular flexibility index (Phi) is 3.70. The van der Waals surface area contributed by atoms with Gasteiger partial charge in [-0.3, -0.25) is 14.5 Å². The number of hydrogen-bond acceptors (Lipinski definition) is 4. The fraction of sp³-hybridized carbons (Fsp3) is 0.231. The second-order valence-corrected chi connectivity index (χ2v) is 4.15. The maximum atomic E-state index is 11.7. The van der Waals surface area contributed by atoms with Crippen LogP contribution in [0.25, 0.3) is 0 Å². The fourth-order valence-corrected chi connectivity index (χ4v) is 1.69. The molecule has 0 aliphatic heterocycles. The number of rotatable bonds is 3. The van der Waals surface area contributed by atoms with Gasteiger partial charge in [0.2, 0.25) is 0 Å². The molecule has 2 aromatic rings. The molecular weight excluding hydrogens is 242 g/mol. The van der Waals surface area contributed by atoms with Crippen molar-refractivity contribution in [3.05, 3.63) is 47.0 Å². The summed E-state index contributed by atoms with van der Waals surface area (Å²) in [5.74, 6) is -0.288. The number of amides is 1. The summed E-state index contributed by atoms with van der Waals surface area (Å²) in [5, 5.41) is 8.22. The monoisotopic (exact) mass is 257 g/mol. The van der Waals surface area contributed by atoms with Gasteiger partial charge in [0.1, 0.15) is 0 Å². The smallest absolute Gasteiger partial charge is 0.272 e. The molecule has 0 saturated heterocycles. The molecule has 98 valence electrons. The summed E-state index contributed by atoms with van der Waals surface area (Å²) in [6.45, 7) is 3.85. The Labute approximate surface area is 111 Å². The zero-order valence-electron chi connectivity index (χ0n) is 11.1. The molecule has 1 N–H and O–H groups in total. The quantitative estimate of drug-likeness (QED) is 0.663. The van der Waals surface area contributed by atoms with Gasteiger partial charge in [-0.1, -0.05) is 0 Å². The lowest BCUT2D eigenvalue weighted by Gasteiger charge is -1.98. The second-order valence-electron chi connectivity index (χ2n) is 4.15. The molecule has 0 atom stereocenters. The van der Waals surface area contributed by atoms with Crippen molar-refractivity contribution in [3.8, 4) is 0 Å². The van der Waals surface area contributed by atoms with E-state index in [2.05, 4.69) is 20.6 Å². The number of hydrazone groups is 1. The van der Waals surface area contributed by atoms with Gasteiger partial charge in [-0.25, -0.2) is 5.43 Å². The Morgan fingerprint density at radius 2 is 2.26 bits per heavy atom. The lowest BCUT2D eigenvalue weighted by molar-refractivity contribution is 0.0955. The zero-order valence-corrected chi connectivity index (χ0v) is 11.1. The number of aryl methyl sites for hydroxylation is 2. The fourth-order valence-electron chi connectivity index (χ4n) is 1.69. The SMILES string of the molecule is Cc1nn(C)c(C)c1/C=N/NC(=O)c1cccnc1. The first kappa shape index (κ1) is 12.9. The number of carbonyl (C=O) groups is 1. The van der Waals surface area contributed by atoms with Crippen LogP contribution in [0.1, 0.15) is 27.3 Å². The van der Waals surface area contributed by atoms with Crippen molar-refractivity contribution in [2.45, 2.75) is 13.8 Å². The molecule has 6 nitrogen and oxygen atoms in total. The minimum Gasteiger partial charge on any atom is -0.272 e. The minimum absolute atomic E-state index is 0.288. The molecule has 2 heterocycles. The van der Waals surface area contributed by atoms with E-state index >= 15 is 0 Å². The highest BCUT2D eigenvalue weighted by Gasteiger charge is 2.07. The van der Waals surface area contributed by atoms with Crippen LogP contribution in [0.3, 0.4) is 0 Å². The van der Waals surface area contributed by atoms with Crippen molar-refractivity contribution in [1.82, 2.24) is 20.2 Å². The van der Waals surface area contributed by atoms with Crippen molar-refractivity contribution in [2.75, 3.05) is 0 Å². The van der Waals surface area contributed by atoms with Crippen LogP contribution >= 0.6 is 0 Å². The van der Waals surface area contributed by atoms with Crippen LogP contribution in [0.15, 0.2) is 29.6 Å². The first-order valence-corrected chi connectivity index (χ1v) is 5.83. The molecule has 2 rings (SSSR count). The summed E-state index contributed by atoms with van der Waals surface area (Å²) in [4.78, 5) is 15.6. The van der Waals surface area contributed by atoms with Gasteiger partial charge >= 0.3 is 0 Å². The van der Waals surface area contributed by atoms with Crippen LogP contribution in [-0.2, 0) is 7.05 Å². The number of aromatic nitrogens is 3. The second kappa shape index (κ2) is 5.43. The predicted molar refractivity (Wildman–Crippen MR) is 72.0 cm³/mol. The summed E-state index contributed by atoms with van der Waals surface area (Å²) in [6, 6.07) is 3.38. The van der Waals surface area contributed by atoms with Crippen molar-refractivity contribution in [2.24, 2.45) is 12.1 Å². The Morgan fingerprint density at radius 3 is 2.84 bits per heavy atom. The summed E-state index contributed by atoms with van der Waals surface area (Å²) >= 11 is 0. The first-order valence-electron chi connectivity index (χ1n) is 5.83. The summed E-state index contributed by atoms with van der Waals surface area (Å²) in [7, 11) is 1.87. The number of nitrogens with zero attached hydrogens (tertiary/aromatic N) is 4. The molecule has 19 heavy (non-hydrogen) atoms. The van der Waals surface area contributed by atoms with E-state index in [-0.39, 0.29) is 5.91 Å². The maximum Gasteiger partial charge on any atom is 0.272 e. The van der Waals surface area contributed by atoms with Crippen LogP contribution in [-0.4, -0.2) is 26.9 Å². The molecule has 1 amide bonds. The van der Waals surface area contributed by atoms with Crippen LogP contribution in [0.5, 0.6) is 0 Å². The van der Waals surface area contributed by atoms with E-state index in [9.17, 15) is 4.79 Å². The van der Waals surface area contributed by atoms with Gasteiger partial charge in [0.05, 0.1) is 17.5 Å². The Bertz CT molecular complexity index is 615. The number of carbonyl (C=O) groups excluding carboxylic acids is 1. The normalized spacial score (nSPS) is 10.9. The van der Waals surface area contributed by atoms with Gasteiger partial charge in [0.25, 0.3) is 5.91 Å². The average Bonchev–Trinajstić information content (AvgIpc) is 2.66. The molecule has 2 aromatic heterocycles. The van der Waals surface area contributed by atoms with Gasteiger partial charge in [-0.15, -0.1) is 0 Å². The number of hydrogen-bond donors (Lipinski definition) is 1. The van der Waals surface area contributed by atoms with E-state index in [0.29, 0.717) is 5.56 Å². The average molecular weight is 257 g/mol. The highest BCUT2D eigenvalue weighted by Crippen LogP contribution is 2.08.